The summed E-state index contributed by atoms with van der Waals surface area (Å²) in [5, 5.41) is 9.59. The zero-order valence-corrected chi connectivity index (χ0v) is 11.4. The minimum Gasteiger partial charge on any atom is -0.508 e. The van der Waals surface area contributed by atoms with E-state index >= 15 is 0 Å². The molecule has 5 nitrogen and oxygen atoms in total. The molecule has 0 radical (unpaired) electrons. The molecule has 5 heteroatoms. The lowest BCUT2D eigenvalue weighted by Crippen LogP contribution is -2.31. The second kappa shape index (κ2) is 5.61. The highest BCUT2D eigenvalue weighted by Crippen LogP contribution is 2.26. The van der Waals surface area contributed by atoms with Crippen molar-refractivity contribution in [2.24, 2.45) is 0 Å². The average molecular weight is 272 g/mol. The predicted octanol–water partition coefficient (Wildman–Crippen LogP) is 2.06. The summed E-state index contributed by atoms with van der Waals surface area (Å²) < 4.78 is 0. The van der Waals surface area contributed by atoms with Crippen molar-refractivity contribution in [2.75, 3.05) is 11.4 Å². The summed E-state index contributed by atoms with van der Waals surface area (Å²) in [4.78, 5) is 27.6. The van der Waals surface area contributed by atoms with Crippen LogP contribution in [-0.4, -0.2) is 22.5 Å². The van der Waals surface area contributed by atoms with Crippen LogP contribution in [0.2, 0.25) is 0 Å². The number of H-pyrrole nitrogens is 1. The molecule has 104 valence electrons. The smallest absolute Gasteiger partial charge is 0.259 e. The maximum atomic E-state index is 12.5. The fourth-order valence-electron chi connectivity index (χ4n) is 2.01. The number of rotatable bonds is 3. The Morgan fingerprint density at radius 3 is 2.65 bits per heavy atom. The number of phenols is 1. The van der Waals surface area contributed by atoms with Gasteiger partial charge in [0.25, 0.3) is 5.91 Å². The number of carbonyl (C=O) groups is 1. The first-order chi connectivity index (χ1) is 9.52. The van der Waals surface area contributed by atoms with Crippen molar-refractivity contribution < 1.29 is 9.90 Å². The monoisotopic (exact) mass is 272 g/mol. The molecule has 2 N–H and O–H groups in total. The van der Waals surface area contributed by atoms with E-state index in [0.29, 0.717) is 17.8 Å². The predicted molar refractivity (Wildman–Crippen MR) is 77.3 cm³/mol. The maximum Gasteiger partial charge on any atom is 0.259 e. The molecule has 1 amide bonds. The number of hydrogen-bond acceptors (Lipinski definition) is 3. The number of phenolic OH excluding ortho intramolecular Hbond substituents is 1. The van der Waals surface area contributed by atoms with Gasteiger partial charge in [-0.05, 0) is 31.5 Å². The zero-order chi connectivity index (χ0) is 14.7. The van der Waals surface area contributed by atoms with Gasteiger partial charge in [0.05, 0.1) is 11.3 Å². The Hall–Kier alpha value is -2.56. The Balaban J connectivity index is 2.41. The molecule has 2 rings (SSSR count). The van der Waals surface area contributed by atoms with Gasteiger partial charge in [-0.1, -0.05) is 6.07 Å². The number of benzene rings is 1. The van der Waals surface area contributed by atoms with Crippen LogP contribution in [0.15, 0.2) is 41.3 Å². The number of aromatic amines is 1. The quantitative estimate of drug-likeness (QED) is 0.898. The van der Waals surface area contributed by atoms with Crippen molar-refractivity contribution in [3.8, 4) is 5.75 Å². The molecule has 0 saturated carbocycles. The highest BCUT2D eigenvalue weighted by atomic mass is 16.3. The Morgan fingerprint density at radius 1 is 1.30 bits per heavy atom. The van der Waals surface area contributed by atoms with E-state index in [4.69, 9.17) is 0 Å². The van der Waals surface area contributed by atoms with Crippen LogP contribution in [0.25, 0.3) is 0 Å². The summed E-state index contributed by atoms with van der Waals surface area (Å²) in [6, 6.07) is 7.70. The Kier molecular flexibility index (Phi) is 3.89. The third-order valence-electron chi connectivity index (χ3n) is 3.08. The van der Waals surface area contributed by atoms with E-state index < -0.39 is 0 Å². The van der Waals surface area contributed by atoms with Crippen molar-refractivity contribution in [1.82, 2.24) is 4.98 Å². The van der Waals surface area contributed by atoms with Crippen LogP contribution < -0.4 is 10.5 Å². The topological polar surface area (TPSA) is 73.4 Å². The summed E-state index contributed by atoms with van der Waals surface area (Å²) in [7, 11) is 0. The van der Waals surface area contributed by atoms with E-state index in [9.17, 15) is 14.7 Å². The van der Waals surface area contributed by atoms with Gasteiger partial charge in [-0.15, -0.1) is 0 Å². The molecule has 0 aliphatic carbocycles. The third kappa shape index (κ3) is 2.71. The summed E-state index contributed by atoms with van der Waals surface area (Å²) in [5.41, 5.74) is 1.69. The number of aryl methyl sites for hydroxylation is 1. The van der Waals surface area contributed by atoms with Gasteiger partial charge < -0.3 is 15.0 Å². The third-order valence-corrected chi connectivity index (χ3v) is 3.08. The van der Waals surface area contributed by atoms with Crippen molar-refractivity contribution in [1.29, 1.82) is 0 Å². The molecule has 0 aliphatic heterocycles. The normalized spacial score (nSPS) is 10.3. The summed E-state index contributed by atoms with van der Waals surface area (Å²) in [6.07, 6.45) is 1.39. The molecule has 0 aliphatic rings. The number of amides is 1. The largest absolute Gasteiger partial charge is 0.508 e. The van der Waals surface area contributed by atoms with Crippen LogP contribution in [0.1, 0.15) is 22.8 Å². The van der Waals surface area contributed by atoms with Gasteiger partial charge in [0.1, 0.15) is 5.75 Å². The van der Waals surface area contributed by atoms with E-state index in [-0.39, 0.29) is 17.2 Å². The van der Waals surface area contributed by atoms with Crippen molar-refractivity contribution in [2.45, 2.75) is 13.8 Å². The van der Waals surface area contributed by atoms with Gasteiger partial charge in [-0.25, -0.2) is 0 Å². The first-order valence-corrected chi connectivity index (χ1v) is 6.33. The number of aromatic hydroxyl groups is 1. The molecule has 0 bridgehead atoms. The lowest BCUT2D eigenvalue weighted by molar-refractivity contribution is 0.0988. The van der Waals surface area contributed by atoms with E-state index in [1.807, 2.05) is 13.8 Å². The number of aromatic nitrogens is 1. The number of anilines is 1. The first-order valence-electron chi connectivity index (χ1n) is 6.33. The number of nitrogens with zero attached hydrogens (tertiary/aromatic N) is 1. The van der Waals surface area contributed by atoms with Gasteiger partial charge in [0.2, 0.25) is 5.56 Å². The minimum atomic E-state index is -0.252. The molecule has 0 atom stereocenters. The van der Waals surface area contributed by atoms with Crippen molar-refractivity contribution in [3.63, 3.8) is 0 Å². The van der Waals surface area contributed by atoms with Gasteiger partial charge in [-0.3, -0.25) is 9.59 Å². The van der Waals surface area contributed by atoms with E-state index in [1.54, 1.807) is 23.1 Å². The molecule has 20 heavy (non-hydrogen) atoms. The van der Waals surface area contributed by atoms with Gasteiger partial charge in [0.15, 0.2) is 0 Å². The summed E-state index contributed by atoms with van der Waals surface area (Å²) in [6.45, 7) is 4.19. The Morgan fingerprint density at radius 2 is 2.05 bits per heavy atom. The van der Waals surface area contributed by atoms with Crippen LogP contribution in [0, 0.1) is 6.92 Å². The molecular formula is C15H16N2O3. The van der Waals surface area contributed by atoms with Crippen LogP contribution in [-0.2, 0) is 0 Å². The second-order valence-corrected chi connectivity index (χ2v) is 4.46. The highest BCUT2D eigenvalue weighted by molar-refractivity contribution is 6.06. The lowest BCUT2D eigenvalue weighted by atomic mass is 10.1. The number of hydrogen-bond donors (Lipinski definition) is 2. The molecule has 1 aromatic carbocycles. The Bertz CT molecular complexity index is 671. The fourth-order valence-corrected chi connectivity index (χ4v) is 2.01. The lowest BCUT2D eigenvalue weighted by Gasteiger charge is -2.23. The highest BCUT2D eigenvalue weighted by Gasteiger charge is 2.18. The summed E-state index contributed by atoms with van der Waals surface area (Å²) >= 11 is 0. The minimum absolute atomic E-state index is 0.110. The van der Waals surface area contributed by atoms with Gasteiger partial charge in [-0.2, -0.15) is 0 Å². The maximum absolute atomic E-state index is 12.5. The van der Waals surface area contributed by atoms with Gasteiger partial charge in [0, 0.05) is 24.9 Å². The molecule has 0 unspecified atom stereocenters. The standard InChI is InChI=1S/C15H16N2O3/c1-3-17(13-8-12(18)6-4-10(13)2)15(20)11-5-7-14(19)16-9-11/h4-9,18H,3H2,1-2H3,(H,16,19). The van der Waals surface area contributed by atoms with Crippen LogP contribution >= 0.6 is 0 Å². The summed E-state index contributed by atoms with van der Waals surface area (Å²) in [5.74, 6) is -0.115. The molecule has 1 heterocycles. The fraction of sp³-hybridized carbons (Fsp3) is 0.200. The molecule has 1 aromatic heterocycles. The van der Waals surface area contributed by atoms with Crippen LogP contribution in [0.4, 0.5) is 5.69 Å². The van der Waals surface area contributed by atoms with Gasteiger partial charge >= 0.3 is 0 Å². The molecule has 0 saturated heterocycles. The molecule has 0 spiro atoms. The SMILES string of the molecule is CCN(C(=O)c1ccc(=O)[nH]c1)c1cc(O)ccc1C. The number of pyridine rings is 1. The Labute approximate surface area is 116 Å². The van der Waals surface area contributed by atoms with Crippen molar-refractivity contribution >= 4 is 11.6 Å². The molecular weight excluding hydrogens is 256 g/mol. The van der Waals surface area contributed by atoms with Crippen LogP contribution in [0.5, 0.6) is 5.75 Å². The van der Waals surface area contributed by atoms with E-state index in [2.05, 4.69) is 4.98 Å². The zero-order valence-electron chi connectivity index (χ0n) is 11.4. The molecule has 2 aromatic rings. The first kappa shape index (κ1) is 13.9. The molecule has 0 fully saturated rings. The van der Waals surface area contributed by atoms with E-state index in [1.165, 1.54) is 18.3 Å². The van der Waals surface area contributed by atoms with Crippen molar-refractivity contribution in [3.05, 3.63) is 58.0 Å². The van der Waals surface area contributed by atoms with E-state index in [0.717, 1.165) is 5.56 Å². The number of carbonyl (C=O) groups excluding carboxylic acids is 1. The second-order valence-electron chi connectivity index (χ2n) is 4.46. The average Bonchev–Trinajstić information content (AvgIpc) is 2.44. The number of nitrogens with one attached hydrogen (secondary N) is 1. The van der Waals surface area contributed by atoms with Crippen LogP contribution in [0.3, 0.4) is 0 Å².